The van der Waals surface area contributed by atoms with Crippen LogP contribution in [0.1, 0.15) is 0 Å². The van der Waals surface area contributed by atoms with E-state index in [2.05, 4.69) is 0 Å². The number of nitrogens with zero attached hydrogens (tertiary/aromatic N) is 1. The minimum Gasteiger partial charge on any atom is -0.398 e. The molecule has 1 rings (SSSR count). The van der Waals surface area contributed by atoms with Crippen molar-refractivity contribution in [2.75, 3.05) is 11.5 Å². The molecule has 0 saturated heterocycles. The predicted molar refractivity (Wildman–Crippen MR) is 48.5 cm³/mol. The molecule has 0 saturated carbocycles. The minimum absolute atomic E-state index is 0.180. The second-order valence-corrected chi connectivity index (χ2v) is 4.56. The van der Waals surface area contributed by atoms with Gasteiger partial charge in [-0.05, 0) is 18.2 Å². The van der Waals surface area contributed by atoms with Gasteiger partial charge in [0.1, 0.15) is 11.6 Å². The highest BCUT2D eigenvalue weighted by molar-refractivity contribution is 7.91. The van der Waals surface area contributed by atoms with E-state index in [0.29, 0.717) is 0 Å². The van der Waals surface area contributed by atoms with Gasteiger partial charge in [-0.3, -0.25) is 0 Å². The van der Waals surface area contributed by atoms with Gasteiger partial charge in [-0.15, -0.1) is 0 Å². The zero-order valence-corrected chi connectivity index (χ0v) is 7.88. The molecule has 0 unspecified atom stereocenters. The molecule has 0 spiro atoms. The van der Waals surface area contributed by atoms with Crippen molar-refractivity contribution >= 4 is 15.5 Å². The fraction of sp³-hybridized carbons (Fsp3) is 0.125. The van der Waals surface area contributed by atoms with Crippen molar-refractivity contribution in [1.82, 2.24) is 0 Å². The summed E-state index contributed by atoms with van der Waals surface area (Å²) in [6, 6.07) is 4.46. The summed E-state index contributed by atoms with van der Waals surface area (Å²) in [5, 5.41) is 8.26. The Balaban J connectivity index is 3.29. The number of halogens is 1. The molecule has 0 aliphatic carbocycles. The minimum atomic E-state index is -3.71. The lowest BCUT2D eigenvalue weighted by Gasteiger charge is -2.03. The van der Waals surface area contributed by atoms with Crippen molar-refractivity contribution in [2.45, 2.75) is 4.90 Å². The summed E-state index contributed by atoms with van der Waals surface area (Å²) < 4.78 is 35.3. The Morgan fingerprint density at radius 2 is 2.14 bits per heavy atom. The largest absolute Gasteiger partial charge is 0.398 e. The number of anilines is 1. The number of hydrogen-bond donors (Lipinski definition) is 1. The van der Waals surface area contributed by atoms with E-state index in [1.165, 1.54) is 6.07 Å². The molecular weight excluding hydrogens is 207 g/mol. The van der Waals surface area contributed by atoms with Crippen molar-refractivity contribution in [3.8, 4) is 6.07 Å². The fourth-order valence-corrected chi connectivity index (χ4v) is 1.98. The third-order valence-electron chi connectivity index (χ3n) is 1.56. The van der Waals surface area contributed by atoms with E-state index in [9.17, 15) is 12.8 Å². The van der Waals surface area contributed by atoms with Crippen molar-refractivity contribution in [3.05, 3.63) is 24.0 Å². The van der Waals surface area contributed by atoms with Gasteiger partial charge in [-0.1, -0.05) is 0 Å². The molecule has 0 heterocycles. The van der Waals surface area contributed by atoms with E-state index in [1.807, 2.05) is 0 Å². The third-order valence-corrected chi connectivity index (χ3v) is 3.11. The molecule has 0 radical (unpaired) electrons. The first-order chi connectivity index (χ1) is 6.47. The summed E-state index contributed by atoms with van der Waals surface area (Å²) in [5.41, 5.74) is 5.13. The highest BCUT2D eigenvalue weighted by Crippen LogP contribution is 2.19. The maximum absolute atomic E-state index is 12.6. The van der Waals surface area contributed by atoms with Crippen LogP contribution in [-0.4, -0.2) is 14.2 Å². The van der Waals surface area contributed by atoms with Gasteiger partial charge in [0, 0.05) is 0 Å². The van der Waals surface area contributed by atoms with Gasteiger partial charge in [0.2, 0.25) is 0 Å². The number of benzene rings is 1. The fourth-order valence-electron chi connectivity index (χ4n) is 0.965. The Morgan fingerprint density at radius 1 is 1.50 bits per heavy atom. The Kier molecular flexibility index (Phi) is 2.72. The molecule has 0 atom stereocenters. The molecule has 74 valence electrons. The van der Waals surface area contributed by atoms with Crippen LogP contribution in [0.2, 0.25) is 0 Å². The van der Waals surface area contributed by atoms with Gasteiger partial charge < -0.3 is 5.73 Å². The van der Waals surface area contributed by atoms with Crippen LogP contribution >= 0.6 is 0 Å². The van der Waals surface area contributed by atoms with Crippen LogP contribution in [-0.2, 0) is 9.84 Å². The molecular formula is C8H7FN2O2S. The van der Waals surface area contributed by atoms with Crippen LogP contribution in [0.15, 0.2) is 23.1 Å². The van der Waals surface area contributed by atoms with Gasteiger partial charge in [-0.2, -0.15) is 5.26 Å². The van der Waals surface area contributed by atoms with Crippen LogP contribution in [0.5, 0.6) is 0 Å². The topological polar surface area (TPSA) is 84.0 Å². The summed E-state index contributed by atoms with van der Waals surface area (Å²) in [4.78, 5) is -0.208. The average Bonchev–Trinajstić information content (AvgIpc) is 2.02. The average molecular weight is 214 g/mol. The maximum Gasteiger partial charge on any atom is 0.193 e. The van der Waals surface area contributed by atoms with Crippen molar-refractivity contribution in [2.24, 2.45) is 0 Å². The monoisotopic (exact) mass is 214 g/mol. The second kappa shape index (κ2) is 3.64. The number of nitrogens with two attached hydrogens (primary N) is 1. The molecule has 14 heavy (non-hydrogen) atoms. The highest BCUT2D eigenvalue weighted by atomic mass is 32.2. The first-order valence-corrected chi connectivity index (χ1v) is 5.27. The summed E-state index contributed by atoms with van der Waals surface area (Å²) in [6.07, 6.45) is 0. The molecule has 6 heteroatoms. The van der Waals surface area contributed by atoms with Crippen LogP contribution in [0.3, 0.4) is 0 Å². The lowest BCUT2D eigenvalue weighted by molar-refractivity contribution is 0.598. The zero-order chi connectivity index (χ0) is 10.8. The summed E-state index contributed by atoms with van der Waals surface area (Å²) >= 11 is 0. The Labute approximate surface area is 80.7 Å². The van der Waals surface area contributed by atoms with E-state index in [1.54, 1.807) is 0 Å². The molecule has 2 N–H and O–H groups in total. The van der Waals surface area contributed by atoms with Gasteiger partial charge >= 0.3 is 0 Å². The van der Waals surface area contributed by atoms with Crippen LogP contribution in [0, 0.1) is 17.1 Å². The van der Waals surface area contributed by atoms with Gasteiger partial charge in [0.15, 0.2) is 9.84 Å². The molecule has 1 aromatic rings. The summed E-state index contributed by atoms with van der Waals surface area (Å²) in [6.45, 7) is 0. The number of nitriles is 1. The number of nitrogen functional groups attached to an aromatic ring is 1. The zero-order valence-electron chi connectivity index (χ0n) is 7.07. The normalized spacial score (nSPS) is 10.9. The molecule has 0 aliphatic heterocycles. The van der Waals surface area contributed by atoms with E-state index in [-0.39, 0.29) is 10.6 Å². The number of hydrogen-bond acceptors (Lipinski definition) is 4. The molecule has 0 amide bonds. The molecule has 0 bridgehead atoms. The van der Waals surface area contributed by atoms with Crippen molar-refractivity contribution < 1.29 is 12.8 Å². The second-order valence-electron chi connectivity index (χ2n) is 2.60. The standard InChI is InChI=1S/C8H7FN2O2S/c9-6-1-2-8(7(11)5-6)14(12,13)4-3-10/h1-2,5H,4,11H2. The van der Waals surface area contributed by atoms with Gasteiger partial charge in [0.25, 0.3) is 0 Å². The smallest absolute Gasteiger partial charge is 0.193 e. The molecule has 0 aliphatic rings. The highest BCUT2D eigenvalue weighted by Gasteiger charge is 2.17. The van der Waals surface area contributed by atoms with Crippen molar-refractivity contribution in [3.63, 3.8) is 0 Å². The van der Waals surface area contributed by atoms with E-state index in [4.69, 9.17) is 11.0 Å². The third kappa shape index (κ3) is 2.00. The lowest BCUT2D eigenvalue weighted by Crippen LogP contribution is -2.08. The first kappa shape index (κ1) is 10.5. The summed E-state index contributed by atoms with van der Waals surface area (Å²) in [7, 11) is -3.71. The summed E-state index contributed by atoms with van der Waals surface area (Å²) in [5.74, 6) is -1.28. The predicted octanol–water partition coefficient (Wildman–Crippen LogP) is 0.705. The lowest BCUT2D eigenvalue weighted by atomic mass is 10.3. The van der Waals surface area contributed by atoms with Gasteiger partial charge in [0.05, 0.1) is 16.7 Å². The van der Waals surface area contributed by atoms with Crippen molar-refractivity contribution in [1.29, 1.82) is 5.26 Å². The van der Waals surface area contributed by atoms with Crippen LogP contribution in [0.4, 0.5) is 10.1 Å². The Bertz CT molecular complexity index is 491. The maximum atomic E-state index is 12.6. The van der Waals surface area contributed by atoms with Crippen LogP contribution in [0.25, 0.3) is 0 Å². The Hall–Kier alpha value is -1.61. The van der Waals surface area contributed by atoms with E-state index >= 15 is 0 Å². The number of rotatable bonds is 2. The quantitative estimate of drug-likeness (QED) is 0.580. The van der Waals surface area contributed by atoms with E-state index in [0.717, 1.165) is 18.2 Å². The first-order valence-electron chi connectivity index (χ1n) is 3.62. The Morgan fingerprint density at radius 3 is 2.64 bits per heavy atom. The molecule has 0 aromatic heterocycles. The van der Waals surface area contributed by atoms with Crippen LogP contribution < -0.4 is 5.73 Å². The number of sulfone groups is 1. The van der Waals surface area contributed by atoms with Gasteiger partial charge in [-0.25, -0.2) is 12.8 Å². The molecule has 4 nitrogen and oxygen atoms in total. The SMILES string of the molecule is N#CCS(=O)(=O)c1ccc(F)cc1N. The van der Waals surface area contributed by atoms with E-state index < -0.39 is 21.4 Å². The molecule has 1 aromatic carbocycles. The molecule has 0 fully saturated rings.